The molecule has 0 spiro atoms. The Morgan fingerprint density at radius 2 is 2.15 bits per heavy atom. The van der Waals surface area contributed by atoms with E-state index >= 15 is 0 Å². The number of nitrogens with zero attached hydrogens (tertiary/aromatic N) is 1. The molecule has 13 heavy (non-hydrogen) atoms. The maximum Gasteiger partial charge on any atom is 0.222 e. The zero-order valence-corrected chi connectivity index (χ0v) is 8.55. The van der Waals surface area contributed by atoms with Crippen molar-refractivity contribution in [2.24, 2.45) is 0 Å². The second kappa shape index (κ2) is 6.66. The van der Waals surface area contributed by atoms with E-state index in [2.05, 4.69) is 6.58 Å². The van der Waals surface area contributed by atoms with Crippen LogP contribution in [-0.2, 0) is 4.79 Å². The van der Waals surface area contributed by atoms with E-state index in [4.69, 9.17) is 5.11 Å². The summed E-state index contributed by atoms with van der Waals surface area (Å²) in [5.74, 6) is 0.0968. The number of likely N-dealkylation sites (N-methyl/N-ethyl adjacent to an activating group) is 1. The van der Waals surface area contributed by atoms with E-state index in [1.165, 1.54) is 0 Å². The van der Waals surface area contributed by atoms with Gasteiger partial charge in [0.2, 0.25) is 5.91 Å². The standard InChI is InChI=1S/C10H19NO2/c1-4-11(8-9(2)3)10(13)6-5-7-12/h12H,2,4-8H2,1,3H3. The zero-order valence-electron chi connectivity index (χ0n) is 8.55. The maximum absolute atomic E-state index is 11.4. The lowest BCUT2D eigenvalue weighted by molar-refractivity contribution is -0.130. The van der Waals surface area contributed by atoms with Gasteiger partial charge in [0.05, 0.1) is 0 Å². The zero-order chi connectivity index (χ0) is 10.3. The topological polar surface area (TPSA) is 40.5 Å². The van der Waals surface area contributed by atoms with Crippen LogP contribution in [-0.4, -0.2) is 35.6 Å². The minimum Gasteiger partial charge on any atom is -0.396 e. The summed E-state index contributed by atoms with van der Waals surface area (Å²) in [6.07, 6.45) is 0.975. The van der Waals surface area contributed by atoms with Gasteiger partial charge in [0.25, 0.3) is 0 Å². The molecule has 0 bridgehead atoms. The molecule has 0 rings (SSSR count). The van der Waals surface area contributed by atoms with Gasteiger partial charge in [-0.3, -0.25) is 4.79 Å². The van der Waals surface area contributed by atoms with Gasteiger partial charge in [-0.25, -0.2) is 0 Å². The first-order valence-corrected chi connectivity index (χ1v) is 4.64. The van der Waals surface area contributed by atoms with Crippen LogP contribution in [0.5, 0.6) is 0 Å². The molecule has 0 aliphatic rings. The van der Waals surface area contributed by atoms with E-state index in [0.29, 0.717) is 25.9 Å². The summed E-state index contributed by atoms with van der Waals surface area (Å²) in [4.78, 5) is 13.2. The molecule has 0 aromatic rings. The van der Waals surface area contributed by atoms with Crippen molar-refractivity contribution in [1.82, 2.24) is 4.90 Å². The van der Waals surface area contributed by atoms with Crippen molar-refractivity contribution in [3.63, 3.8) is 0 Å². The summed E-state index contributed by atoms with van der Waals surface area (Å²) in [6, 6.07) is 0. The molecule has 0 unspecified atom stereocenters. The van der Waals surface area contributed by atoms with Gasteiger partial charge in [-0.2, -0.15) is 0 Å². The number of aliphatic hydroxyl groups excluding tert-OH is 1. The van der Waals surface area contributed by atoms with Gasteiger partial charge < -0.3 is 10.0 Å². The van der Waals surface area contributed by atoms with Crippen molar-refractivity contribution in [2.45, 2.75) is 26.7 Å². The van der Waals surface area contributed by atoms with Gasteiger partial charge in [-0.1, -0.05) is 12.2 Å². The van der Waals surface area contributed by atoms with E-state index in [-0.39, 0.29) is 12.5 Å². The summed E-state index contributed by atoms with van der Waals surface area (Å²) < 4.78 is 0. The van der Waals surface area contributed by atoms with Crippen LogP contribution >= 0.6 is 0 Å². The van der Waals surface area contributed by atoms with Crippen LogP contribution in [0.15, 0.2) is 12.2 Å². The summed E-state index contributed by atoms with van der Waals surface area (Å²) in [5.41, 5.74) is 0.985. The Morgan fingerprint density at radius 1 is 1.54 bits per heavy atom. The number of carbonyl (C=O) groups is 1. The van der Waals surface area contributed by atoms with E-state index in [0.717, 1.165) is 5.57 Å². The Hall–Kier alpha value is -0.830. The highest BCUT2D eigenvalue weighted by molar-refractivity contribution is 5.76. The molecule has 1 N–H and O–H groups in total. The monoisotopic (exact) mass is 185 g/mol. The summed E-state index contributed by atoms with van der Waals surface area (Å²) in [5, 5.41) is 8.56. The van der Waals surface area contributed by atoms with Crippen molar-refractivity contribution < 1.29 is 9.90 Å². The predicted octanol–water partition coefficient (Wildman–Crippen LogP) is 1.18. The molecular weight excluding hydrogens is 166 g/mol. The molecule has 76 valence electrons. The Labute approximate surface area is 80.0 Å². The first kappa shape index (κ1) is 12.2. The third-order valence-corrected chi connectivity index (χ3v) is 1.74. The Kier molecular flexibility index (Phi) is 6.24. The van der Waals surface area contributed by atoms with Gasteiger partial charge in [0, 0.05) is 26.1 Å². The normalized spacial score (nSPS) is 9.77. The van der Waals surface area contributed by atoms with Gasteiger partial charge in [-0.15, -0.1) is 0 Å². The molecule has 3 nitrogen and oxygen atoms in total. The lowest BCUT2D eigenvalue weighted by Crippen LogP contribution is -2.32. The molecular formula is C10H19NO2. The minimum absolute atomic E-state index is 0.0797. The van der Waals surface area contributed by atoms with Crippen molar-refractivity contribution in [3.05, 3.63) is 12.2 Å². The number of aliphatic hydroxyl groups is 1. The van der Waals surface area contributed by atoms with Crippen molar-refractivity contribution >= 4 is 5.91 Å². The first-order valence-electron chi connectivity index (χ1n) is 4.64. The van der Waals surface area contributed by atoms with E-state index < -0.39 is 0 Å². The van der Waals surface area contributed by atoms with Crippen LogP contribution in [0.1, 0.15) is 26.7 Å². The van der Waals surface area contributed by atoms with Crippen LogP contribution in [0.3, 0.4) is 0 Å². The summed E-state index contributed by atoms with van der Waals surface area (Å²) in [6.45, 7) is 9.02. The highest BCUT2D eigenvalue weighted by Gasteiger charge is 2.10. The third-order valence-electron chi connectivity index (χ3n) is 1.74. The fourth-order valence-electron chi connectivity index (χ4n) is 1.09. The molecule has 0 saturated heterocycles. The molecule has 0 aliphatic carbocycles. The minimum atomic E-state index is 0.0797. The summed E-state index contributed by atoms with van der Waals surface area (Å²) >= 11 is 0. The van der Waals surface area contributed by atoms with E-state index in [9.17, 15) is 4.79 Å². The second-order valence-corrected chi connectivity index (χ2v) is 3.19. The first-order chi connectivity index (χ1) is 6.11. The molecule has 0 fully saturated rings. The van der Waals surface area contributed by atoms with Crippen LogP contribution in [0.2, 0.25) is 0 Å². The molecule has 0 aromatic heterocycles. The highest BCUT2D eigenvalue weighted by Crippen LogP contribution is 2.00. The van der Waals surface area contributed by atoms with Gasteiger partial charge >= 0.3 is 0 Å². The molecule has 0 radical (unpaired) electrons. The van der Waals surface area contributed by atoms with Crippen molar-refractivity contribution in [1.29, 1.82) is 0 Å². The van der Waals surface area contributed by atoms with Crippen LogP contribution in [0, 0.1) is 0 Å². The van der Waals surface area contributed by atoms with Crippen LogP contribution < -0.4 is 0 Å². The number of rotatable bonds is 6. The number of carbonyl (C=O) groups excluding carboxylic acids is 1. The van der Waals surface area contributed by atoms with Crippen LogP contribution in [0.25, 0.3) is 0 Å². The molecule has 0 heterocycles. The SMILES string of the molecule is C=C(C)CN(CC)C(=O)CCCO. The molecule has 0 atom stereocenters. The van der Waals surface area contributed by atoms with Gasteiger partial charge in [-0.05, 0) is 20.3 Å². The smallest absolute Gasteiger partial charge is 0.222 e. The van der Waals surface area contributed by atoms with E-state index in [1.54, 1.807) is 4.90 Å². The molecule has 3 heteroatoms. The van der Waals surface area contributed by atoms with Crippen LogP contribution in [0.4, 0.5) is 0 Å². The summed E-state index contributed by atoms with van der Waals surface area (Å²) in [7, 11) is 0. The average molecular weight is 185 g/mol. The fraction of sp³-hybridized carbons (Fsp3) is 0.700. The molecule has 0 aliphatic heterocycles. The lowest BCUT2D eigenvalue weighted by atomic mass is 10.2. The molecule has 1 amide bonds. The fourth-order valence-corrected chi connectivity index (χ4v) is 1.09. The van der Waals surface area contributed by atoms with Gasteiger partial charge in [0.15, 0.2) is 0 Å². The van der Waals surface area contributed by atoms with Gasteiger partial charge in [0.1, 0.15) is 0 Å². The predicted molar refractivity (Wildman–Crippen MR) is 53.4 cm³/mol. The highest BCUT2D eigenvalue weighted by atomic mass is 16.3. The van der Waals surface area contributed by atoms with E-state index in [1.807, 2.05) is 13.8 Å². The lowest BCUT2D eigenvalue weighted by Gasteiger charge is -2.20. The quantitative estimate of drug-likeness (QED) is 0.631. The Bertz CT molecular complexity index is 178. The largest absolute Gasteiger partial charge is 0.396 e. The maximum atomic E-state index is 11.4. The number of hydrogen-bond donors (Lipinski definition) is 1. The van der Waals surface area contributed by atoms with Crippen molar-refractivity contribution in [2.75, 3.05) is 19.7 Å². The number of hydrogen-bond acceptors (Lipinski definition) is 2. The Morgan fingerprint density at radius 3 is 2.54 bits per heavy atom. The van der Waals surface area contributed by atoms with Crippen molar-refractivity contribution in [3.8, 4) is 0 Å². The second-order valence-electron chi connectivity index (χ2n) is 3.19. The number of amides is 1. The Balaban J connectivity index is 3.92. The third kappa shape index (κ3) is 5.42. The molecule has 0 aromatic carbocycles. The molecule has 0 saturated carbocycles. The average Bonchev–Trinajstić information content (AvgIpc) is 2.09.